The van der Waals surface area contributed by atoms with Crippen LogP contribution in [0.3, 0.4) is 0 Å². The van der Waals surface area contributed by atoms with E-state index in [0.717, 1.165) is 4.57 Å². The molecule has 2 aliphatic heterocycles. The second kappa shape index (κ2) is 8.07. The molecule has 11 heteroatoms. The monoisotopic (exact) mass is 462 g/mol. The van der Waals surface area contributed by atoms with E-state index in [9.17, 15) is 19.5 Å². The molecule has 2 saturated heterocycles. The molecule has 2 aliphatic rings. The van der Waals surface area contributed by atoms with E-state index in [2.05, 4.69) is 4.98 Å². The molecule has 2 fully saturated rings. The van der Waals surface area contributed by atoms with Crippen molar-refractivity contribution in [3.63, 3.8) is 0 Å². The summed E-state index contributed by atoms with van der Waals surface area (Å²) >= 11 is 0. The first kappa shape index (κ1) is 23.7. The number of nitrogens with zero attached hydrogens (tertiary/aromatic N) is 5. The van der Waals surface area contributed by atoms with E-state index in [1.807, 2.05) is 13.8 Å². The van der Waals surface area contributed by atoms with Crippen molar-refractivity contribution in [1.82, 2.24) is 23.6 Å². The van der Waals surface area contributed by atoms with E-state index in [1.54, 1.807) is 23.4 Å². The van der Waals surface area contributed by atoms with Gasteiger partial charge >= 0.3 is 5.69 Å². The van der Waals surface area contributed by atoms with Crippen molar-refractivity contribution in [1.29, 1.82) is 0 Å². The summed E-state index contributed by atoms with van der Waals surface area (Å²) in [5.41, 5.74) is 3.93. The lowest BCUT2D eigenvalue weighted by atomic mass is 9.77. The number of hydrogen-bond donors (Lipinski definition) is 2. The summed E-state index contributed by atoms with van der Waals surface area (Å²) in [6.45, 7) is 6.68. The Morgan fingerprint density at radius 1 is 1.24 bits per heavy atom. The Morgan fingerprint density at radius 2 is 1.88 bits per heavy atom. The molecule has 3 N–H and O–H groups in total. The lowest BCUT2D eigenvalue weighted by Gasteiger charge is -2.51. The first-order valence-corrected chi connectivity index (χ1v) is 11.4. The molecule has 2 aromatic heterocycles. The third kappa shape index (κ3) is 3.81. The molecule has 0 aromatic carbocycles. The first-order chi connectivity index (χ1) is 15.4. The Labute approximate surface area is 191 Å². The normalized spacial score (nSPS) is 26.3. The Kier molecular flexibility index (Phi) is 5.78. The highest BCUT2D eigenvalue weighted by atomic mass is 16.5. The number of amides is 1. The number of piperidine rings is 1. The molecule has 0 saturated carbocycles. The van der Waals surface area contributed by atoms with Gasteiger partial charge in [0.25, 0.3) is 5.56 Å². The second-order valence-electron chi connectivity index (χ2n) is 10.2. The molecule has 1 spiro atoms. The van der Waals surface area contributed by atoms with Gasteiger partial charge in [0.2, 0.25) is 5.91 Å². The van der Waals surface area contributed by atoms with Gasteiger partial charge in [-0.3, -0.25) is 18.7 Å². The molecule has 0 bridgehead atoms. The molecule has 0 aliphatic carbocycles. The van der Waals surface area contributed by atoms with Crippen LogP contribution in [-0.4, -0.2) is 71.5 Å². The van der Waals surface area contributed by atoms with E-state index in [1.165, 1.54) is 17.9 Å². The Balaban J connectivity index is 1.64. The molecule has 1 amide bonds. The molecule has 11 nitrogen and oxygen atoms in total. The van der Waals surface area contributed by atoms with Gasteiger partial charge in [0.1, 0.15) is 5.60 Å². The molecule has 4 heterocycles. The molecule has 182 valence electrons. The van der Waals surface area contributed by atoms with E-state index in [-0.39, 0.29) is 29.6 Å². The first-order valence-electron chi connectivity index (χ1n) is 11.4. The third-order valence-corrected chi connectivity index (χ3v) is 7.45. The van der Waals surface area contributed by atoms with Gasteiger partial charge in [-0.1, -0.05) is 13.8 Å². The molecule has 2 aromatic rings. The second-order valence-corrected chi connectivity index (χ2v) is 10.2. The van der Waals surface area contributed by atoms with Gasteiger partial charge in [-0.05, 0) is 25.7 Å². The smallest absolute Gasteiger partial charge is 0.332 e. The molecule has 33 heavy (non-hydrogen) atoms. The van der Waals surface area contributed by atoms with Crippen molar-refractivity contribution in [2.75, 3.05) is 19.7 Å². The predicted molar refractivity (Wildman–Crippen MR) is 122 cm³/mol. The number of nitrogens with two attached hydrogens (primary N) is 1. The summed E-state index contributed by atoms with van der Waals surface area (Å²) in [4.78, 5) is 44.1. The average Bonchev–Trinajstić information content (AvgIpc) is 3.22. The predicted octanol–water partition coefficient (Wildman–Crippen LogP) is -0.509. The highest BCUT2D eigenvalue weighted by molar-refractivity contribution is 5.82. The lowest BCUT2D eigenvalue weighted by Crippen LogP contribution is -2.59. The Hall–Kier alpha value is -2.50. The average molecular weight is 463 g/mol. The quantitative estimate of drug-likeness (QED) is 0.627. The van der Waals surface area contributed by atoms with Gasteiger partial charge in [-0.15, -0.1) is 0 Å². The van der Waals surface area contributed by atoms with Crippen LogP contribution in [-0.2, 0) is 23.6 Å². The Bertz CT molecular complexity index is 1180. The maximum absolute atomic E-state index is 13.0. The minimum absolute atomic E-state index is 0.0516. The minimum Gasteiger partial charge on any atom is -0.386 e. The number of imidazole rings is 1. The number of aliphatic hydroxyl groups is 1. The summed E-state index contributed by atoms with van der Waals surface area (Å²) < 4.78 is 10.3. The van der Waals surface area contributed by atoms with E-state index < -0.39 is 34.5 Å². The zero-order valence-corrected chi connectivity index (χ0v) is 19.9. The van der Waals surface area contributed by atoms with Gasteiger partial charge in [0, 0.05) is 33.6 Å². The van der Waals surface area contributed by atoms with Gasteiger partial charge in [-0.2, -0.15) is 0 Å². The number of likely N-dealkylation sites (tertiary alicyclic amines) is 1. The minimum atomic E-state index is -1.24. The Morgan fingerprint density at radius 3 is 2.48 bits per heavy atom. The zero-order valence-electron chi connectivity index (χ0n) is 19.9. The summed E-state index contributed by atoms with van der Waals surface area (Å²) in [6.07, 6.45) is 3.19. The van der Waals surface area contributed by atoms with Crippen LogP contribution in [0.15, 0.2) is 15.9 Å². The van der Waals surface area contributed by atoms with Gasteiger partial charge < -0.3 is 25.0 Å². The van der Waals surface area contributed by atoms with Crippen LogP contribution in [0.1, 0.15) is 46.1 Å². The number of hydrogen-bond acceptors (Lipinski definition) is 7. The van der Waals surface area contributed by atoms with Crippen molar-refractivity contribution >= 4 is 17.1 Å². The molecular formula is C22H34N6O5. The summed E-state index contributed by atoms with van der Waals surface area (Å²) in [5.74, 6) is 0.0103. The fourth-order valence-corrected chi connectivity index (χ4v) is 5.00. The zero-order chi connectivity index (χ0) is 24.3. The van der Waals surface area contributed by atoms with Crippen LogP contribution < -0.4 is 17.0 Å². The van der Waals surface area contributed by atoms with Crippen LogP contribution in [0.4, 0.5) is 0 Å². The maximum atomic E-state index is 13.0. The van der Waals surface area contributed by atoms with E-state index in [4.69, 9.17) is 10.5 Å². The van der Waals surface area contributed by atoms with Crippen molar-refractivity contribution in [3.05, 3.63) is 27.2 Å². The van der Waals surface area contributed by atoms with Crippen molar-refractivity contribution in [2.45, 2.75) is 63.3 Å². The van der Waals surface area contributed by atoms with Crippen LogP contribution in [0, 0.1) is 5.92 Å². The molecular weight excluding hydrogens is 428 g/mol. The number of aromatic nitrogens is 4. The molecule has 4 rings (SSSR count). The molecule has 3 atom stereocenters. The SMILES string of the molecule is CC(C)[C@@H](N)C(=O)N1CCC2(CC1)C[C@H](n1cnc3c1c(=O)n(C)c(=O)n3C)[C@@](C)(O)CO2. The largest absolute Gasteiger partial charge is 0.386 e. The highest BCUT2D eigenvalue weighted by Gasteiger charge is 2.50. The number of fused-ring (bicyclic) bond motifs is 1. The standard InChI is InChI=1S/C22H34N6O5/c1-13(2)15(23)18(29)27-8-6-22(7-9-27)10-14(21(3,32)11-33-22)28-12-24-17-16(28)19(30)26(5)20(31)25(17)4/h12-15,32H,6-11,23H2,1-5H3/t14-,15+,21-/m0/s1. The number of aryl methyl sites for hydroxylation is 1. The number of ether oxygens (including phenoxy) is 1. The van der Waals surface area contributed by atoms with Gasteiger partial charge in [0.05, 0.1) is 30.6 Å². The van der Waals surface area contributed by atoms with Crippen molar-refractivity contribution in [3.8, 4) is 0 Å². The number of rotatable bonds is 3. The lowest BCUT2D eigenvalue weighted by molar-refractivity contribution is -0.201. The van der Waals surface area contributed by atoms with Crippen molar-refractivity contribution < 1.29 is 14.6 Å². The van der Waals surface area contributed by atoms with Crippen LogP contribution in [0.5, 0.6) is 0 Å². The van der Waals surface area contributed by atoms with Crippen LogP contribution >= 0.6 is 0 Å². The fraction of sp³-hybridized carbons (Fsp3) is 0.727. The topological polar surface area (TPSA) is 138 Å². The van der Waals surface area contributed by atoms with E-state index in [0.29, 0.717) is 32.4 Å². The fourth-order valence-electron chi connectivity index (χ4n) is 5.00. The van der Waals surface area contributed by atoms with Crippen LogP contribution in [0.25, 0.3) is 11.2 Å². The summed E-state index contributed by atoms with van der Waals surface area (Å²) in [6, 6.07) is -1.01. The number of carbonyl (C=O) groups is 1. The molecule has 0 unspecified atom stereocenters. The number of carbonyl (C=O) groups excluding carboxylic acids is 1. The van der Waals surface area contributed by atoms with Crippen molar-refractivity contribution in [2.24, 2.45) is 25.7 Å². The van der Waals surface area contributed by atoms with Gasteiger partial charge in [-0.25, -0.2) is 9.78 Å². The summed E-state index contributed by atoms with van der Waals surface area (Å²) in [5, 5.41) is 11.2. The van der Waals surface area contributed by atoms with Gasteiger partial charge in [0.15, 0.2) is 11.2 Å². The molecule has 0 radical (unpaired) electrons. The van der Waals surface area contributed by atoms with E-state index >= 15 is 0 Å². The highest BCUT2D eigenvalue weighted by Crippen LogP contribution is 2.44. The maximum Gasteiger partial charge on any atom is 0.332 e. The third-order valence-electron chi connectivity index (χ3n) is 7.45. The summed E-state index contributed by atoms with van der Waals surface area (Å²) in [7, 11) is 3.00. The van der Waals surface area contributed by atoms with Crippen LogP contribution in [0.2, 0.25) is 0 Å².